The number of hydrogen-bond donors (Lipinski definition) is 6. The van der Waals surface area contributed by atoms with E-state index in [1.54, 1.807) is 12.1 Å². The maximum Gasteiger partial charge on any atom is 0.288 e. The van der Waals surface area contributed by atoms with E-state index >= 15 is 0 Å². The van der Waals surface area contributed by atoms with Crippen molar-refractivity contribution in [1.82, 2.24) is 4.98 Å². The van der Waals surface area contributed by atoms with E-state index < -0.39 is 37.0 Å². The minimum atomic E-state index is -2.63. The van der Waals surface area contributed by atoms with Crippen LogP contribution >= 0.6 is 0 Å². The minimum absolute atomic E-state index is 0.203. The van der Waals surface area contributed by atoms with E-state index in [9.17, 15) is 25.5 Å². The molecule has 8 nitrogen and oxygen atoms in total. The van der Waals surface area contributed by atoms with Crippen molar-refractivity contribution in [2.75, 3.05) is 6.61 Å². The number of H-pyrrole nitrogens is 1. The van der Waals surface area contributed by atoms with Crippen molar-refractivity contribution in [2.45, 2.75) is 43.7 Å². The molecule has 5 atom stereocenters. The van der Waals surface area contributed by atoms with Crippen molar-refractivity contribution in [3.8, 4) is 5.75 Å². The molecule has 2 aromatic carbocycles. The van der Waals surface area contributed by atoms with Gasteiger partial charge in [-0.2, -0.15) is 0 Å². The normalized spacial score (nSPS) is 29.3. The molecule has 1 aliphatic rings. The highest BCUT2D eigenvalue weighted by Crippen LogP contribution is 2.36. The highest BCUT2D eigenvalue weighted by molar-refractivity contribution is 5.89. The van der Waals surface area contributed by atoms with Crippen LogP contribution in [0.3, 0.4) is 0 Å². The molecule has 0 spiro atoms. The molecular formula is C22H25NO7. The summed E-state index contributed by atoms with van der Waals surface area (Å²) in [6, 6.07) is 13.2. The lowest BCUT2D eigenvalue weighted by Gasteiger charge is -2.45. The Balaban J connectivity index is 1.69. The van der Waals surface area contributed by atoms with Crippen LogP contribution in [0.4, 0.5) is 0 Å². The van der Waals surface area contributed by atoms with Gasteiger partial charge in [0.2, 0.25) is 6.29 Å². The molecule has 8 heteroatoms. The molecule has 0 unspecified atom stereocenters. The van der Waals surface area contributed by atoms with E-state index in [-0.39, 0.29) is 5.75 Å². The molecule has 1 saturated heterocycles. The highest BCUT2D eigenvalue weighted by Gasteiger charge is 2.57. The van der Waals surface area contributed by atoms with E-state index in [1.807, 2.05) is 43.5 Å². The maximum absolute atomic E-state index is 10.9. The summed E-state index contributed by atoms with van der Waals surface area (Å²) in [6.07, 6.45) is -4.37. The van der Waals surface area contributed by atoms with E-state index in [0.29, 0.717) is 11.8 Å². The van der Waals surface area contributed by atoms with E-state index in [1.165, 1.54) is 0 Å². The molecular weight excluding hydrogens is 390 g/mol. The van der Waals surface area contributed by atoms with Crippen LogP contribution in [-0.2, 0) is 11.2 Å². The number of aliphatic hydroxyl groups is 5. The number of aliphatic hydroxyl groups excluding tert-OH is 4. The maximum atomic E-state index is 10.9. The SMILES string of the molecule is Cc1ccc(Cc2c[nH]c3cccc(O[C@]4(O)[C@H](O)O[C@H](CO)[C@@H](O)[C@@H]4O)c23)cc1. The lowest BCUT2D eigenvalue weighted by molar-refractivity contribution is -0.385. The number of aromatic nitrogens is 1. The van der Waals surface area contributed by atoms with Crippen molar-refractivity contribution in [3.05, 3.63) is 65.4 Å². The molecule has 0 bridgehead atoms. The monoisotopic (exact) mass is 415 g/mol. The number of fused-ring (bicyclic) bond motifs is 1. The summed E-state index contributed by atoms with van der Waals surface area (Å²) < 4.78 is 10.7. The smallest absolute Gasteiger partial charge is 0.288 e. The van der Waals surface area contributed by atoms with Crippen LogP contribution in [0.5, 0.6) is 5.75 Å². The molecule has 2 heterocycles. The Labute approximate surface area is 172 Å². The van der Waals surface area contributed by atoms with Crippen LogP contribution in [0, 0.1) is 6.92 Å². The largest absolute Gasteiger partial charge is 0.454 e. The minimum Gasteiger partial charge on any atom is -0.454 e. The number of nitrogens with one attached hydrogen (secondary N) is 1. The Morgan fingerprint density at radius 3 is 2.53 bits per heavy atom. The van der Waals surface area contributed by atoms with Crippen molar-refractivity contribution in [3.63, 3.8) is 0 Å². The highest BCUT2D eigenvalue weighted by atomic mass is 16.7. The Kier molecular flexibility index (Phi) is 5.54. The third-order valence-electron chi connectivity index (χ3n) is 5.50. The predicted molar refractivity (Wildman–Crippen MR) is 108 cm³/mol. The van der Waals surface area contributed by atoms with Gasteiger partial charge in [-0.15, -0.1) is 0 Å². The molecule has 0 saturated carbocycles. The molecule has 0 radical (unpaired) electrons. The third kappa shape index (κ3) is 3.58. The quantitative estimate of drug-likeness (QED) is 0.335. The Bertz CT molecular complexity index is 1020. The van der Waals surface area contributed by atoms with Crippen LogP contribution in [0.1, 0.15) is 16.7 Å². The summed E-state index contributed by atoms with van der Waals surface area (Å²) in [6.45, 7) is 1.38. The molecule has 1 aromatic heterocycles. The Morgan fingerprint density at radius 1 is 1.10 bits per heavy atom. The summed E-state index contributed by atoms with van der Waals surface area (Å²) in [5, 5.41) is 51.5. The topological polar surface area (TPSA) is 135 Å². The number of rotatable bonds is 5. The standard InChI is InChI=1S/C22H25NO7/c1-12-5-7-13(8-6-12)9-14-10-23-15-3-2-4-16(18(14)15)30-22(28)20(26)19(25)17(11-24)29-21(22)27/h2-8,10,17,19-21,23-28H,9,11H2,1H3/t17-,19-,20+,21-,22+/m1/s1. The number of hydrogen-bond acceptors (Lipinski definition) is 7. The predicted octanol–water partition coefficient (Wildman–Crippen LogP) is 0.566. The second kappa shape index (κ2) is 7.99. The summed E-state index contributed by atoms with van der Waals surface area (Å²) >= 11 is 0. The lowest BCUT2D eigenvalue weighted by atomic mass is 9.95. The van der Waals surface area contributed by atoms with Gasteiger partial charge in [-0.25, -0.2) is 0 Å². The molecule has 30 heavy (non-hydrogen) atoms. The van der Waals surface area contributed by atoms with Crippen LogP contribution in [-0.4, -0.2) is 67.5 Å². The first-order valence-corrected chi connectivity index (χ1v) is 9.70. The van der Waals surface area contributed by atoms with E-state index in [4.69, 9.17) is 9.47 Å². The molecule has 3 aromatic rings. The third-order valence-corrected chi connectivity index (χ3v) is 5.50. The first kappa shape index (κ1) is 20.8. The second-order valence-electron chi connectivity index (χ2n) is 7.65. The summed E-state index contributed by atoms with van der Waals surface area (Å²) in [7, 11) is 0. The zero-order valence-corrected chi connectivity index (χ0v) is 16.4. The van der Waals surface area contributed by atoms with Gasteiger partial charge in [0.15, 0.2) is 6.10 Å². The van der Waals surface area contributed by atoms with Crippen LogP contribution in [0.25, 0.3) is 10.9 Å². The number of aromatic amines is 1. The van der Waals surface area contributed by atoms with Crippen molar-refractivity contribution in [2.24, 2.45) is 0 Å². The molecule has 6 N–H and O–H groups in total. The Morgan fingerprint density at radius 2 is 1.83 bits per heavy atom. The first-order valence-electron chi connectivity index (χ1n) is 9.70. The van der Waals surface area contributed by atoms with E-state index in [2.05, 4.69) is 4.98 Å². The molecule has 4 rings (SSSR count). The fraction of sp³-hybridized carbons (Fsp3) is 0.364. The van der Waals surface area contributed by atoms with Gasteiger partial charge in [0, 0.05) is 17.1 Å². The average Bonchev–Trinajstić information content (AvgIpc) is 3.15. The van der Waals surface area contributed by atoms with Gasteiger partial charge in [0.1, 0.15) is 18.0 Å². The van der Waals surface area contributed by atoms with Gasteiger partial charge < -0.3 is 40.0 Å². The molecule has 160 valence electrons. The van der Waals surface area contributed by atoms with Gasteiger partial charge >= 0.3 is 0 Å². The van der Waals surface area contributed by atoms with E-state index in [0.717, 1.165) is 22.2 Å². The number of aryl methyl sites for hydroxylation is 1. The number of benzene rings is 2. The van der Waals surface area contributed by atoms with Crippen LogP contribution in [0.2, 0.25) is 0 Å². The van der Waals surface area contributed by atoms with Gasteiger partial charge in [0.25, 0.3) is 5.79 Å². The lowest BCUT2D eigenvalue weighted by Crippen LogP contribution is -2.69. The van der Waals surface area contributed by atoms with Crippen molar-refractivity contribution in [1.29, 1.82) is 0 Å². The van der Waals surface area contributed by atoms with Gasteiger partial charge in [0.05, 0.1) is 6.61 Å². The molecule has 0 amide bonds. The molecule has 0 aliphatic carbocycles. The fourth-order valence-electron chi connectivity index (χ4n) is 3.75. The van der Waals surface area contributed by atoms with Gasteiger partial charge in [-0.05, 0) is 36.6 Å². The average molecular weight is 415 g/mol. The fourth-order valence-corrected chi connectivity index (χ4v) is 3.75. The summed E-state index contributed by atoms with van der Waals surface area (Å²) in [5.74, 6) is -2.42. The number of ether oxygens (including phenoxy) is 2. The van der Waals surface area contributed by atoms with Gasteiger partial charge in [-0.1, -0.05) is 35.9 Å². The molecule has 1 aliphatic heterocycles. The first-order chi connectivity index (χ1) is 14.3. The van der Waals surface area contributed by atoms with Crippen LogP contribution < -0.4 is 4.74 Å². The van der Waals surface area contributed by atoms with Crippen molar-refractivity contribution >= 4 is 10.9 Å². The zero-order chi connectivity index (χ0) is 21.5. The van der Waals surface area contributed by atoms with Gasteiger partial charge in [-0.3, -0.25) is 0 Å². The zero-order valence-electron chi connectivity index (χ0n) is 16.4. The second-order valence-corrected chi connectivity index (χ2v) is 7.65. The van der Waals surface area contributed by atoms with Crippen LogP contribution in [0.15, 0.2) is 48.7 Å². The summed E-state index contributed by atoms with van der Waals surface area (Å²) in [4.78, 5) is 3.16. The van der Waals surface area contributed by atoms with Crippen molar-refractivity contribution < 1.29 is 35.0 Å². The summed E-state index contributed by atoms with van der Waals surface area (Å²) in [5.41, 5.74) is 3.87. The Hall–Kier alpha value is -2.46. The molecule has 1 fully saturated rings.